The molecule has 0 radical (unpaired) electrons. The number of ether oxygens (including phenoxy) is 4. The van der Waals surface area contributed by atoms with Crippen LogP contribution in [0.1, 0.15) is 129 Å². The van der Waals surface area contributed by atoms with Crippen LogP contribution < -0.4 is 0 Å². The van der Waals surface area contributed by atoms with Crippen molar-refractivity contribution in [3.8, 4) is 0 Å². The van der Waals surface area contributed by atoms with Crippen LogP contribution in [0.5, 0.6) is 0 Å². The summed E-state index contributed by atoms with van der Waals surface area (Å²) in [5, 5.41) is 40.1. The van der Waals surface area contributed by atoms with Gasteiger partial charge >= 0.3 is 11.9 Å². The van der Waals surface area contributed by atoms with Crippen molar-refractivity contribution in [2.45, 2.75) is 166 Å². The summed E-state index contributed by atoms with van der Waals surface area (Å²) in [7, 11) is 0. The van der Waals surface area contributed by atoms with Crippen LogP contribution in [-0.2, 0) is 38.1 Å². The van der Waals surface area contributed by atoms with Gasteiger partial charge in [-0.05, 0) is 75.4 Å². The summed E-state index contributed by atoms with van der Waals surface area (Å²) in [6.07, 6.45) is 22.2. The Morgan fingerprint density at radius 1 is 0.684 bits per heavy atom. The molecule has 0 unspecified atom stereocenters. The third-order valence-corrected chi connectivity index (χ3v) is 11.2. The molecule has 10 atom stereocenters. The van der Waals surface area contributed by atoms with Crippen molar-refractivity contribution in [1.82, 2.24) is 0 Å². The second-order valence-corrected chi connectivity index (χ2v) is 15.7. The van der Waals surface area contributed by atoms with Crippen molar-refractivity contribution < 1.29 is 58.6 Å². The first-order chi connectivity index (χ1) is 27.6. The molecule has 0 bridgehead atoms. The van der Waals surface area contributed by atoms with Crippen LogP contribution in [0.25, 0.3) is 0 Å². The lowest BCUT2D eigenvalue weighted by Crippen LogP contribution is -2.59. The fourth-order valence-corrected chi connectivity index (χ4v) is 7.76. The van der Waals surface area contributed by atoms with E-state index in [9.17, 15) is 39.6 Å². The third-order valence-electron chi connectivity index (χ3n) is 11.2. The van der Waals surface area contributed by atoms with E-state index in [-0.39, 0.29) is 61.3 Å². The molecular weight excluding hydrogens is 732 g/mol. The van der Waals surface area contributed by atoms with Gasteiger partial charge in [0.2, 0.25) is 0 Å². The van der Waals surface area contributed by atoms with Crippen LogP contribution in [0.2, 0.25) is 0 Å². The summed E-state index contributed by atoms with van der Waals surface area (Å²) >= 11 is 0. The summed E-state index contributed by atoms with van der Waals surface area (Å²) in [4.78, 5) is 50.0. The lowest BCUT2D eigenvalue weighted by molar-refractivity contribution is -0.305. The van der Waals surface area contributed by atoms with E-state index in [1.54, 1.807) is 12.2 Å². The molecule has 3 aliphatic rings. The van der Waals surface area contributed by atoms with E-state index in [4.69, 9.17) is 18.9 Å². The zero-order chi connectivity index (χ0) is 41.4. The summed E-state index contributed by atoms with van der Waals surface area (Å²) in [5.41, 5.74) is 0. The lowest BCUT2D eigenvalue weighted by atomic mass is 9.87. The summed E-state index contributed by atoms with van der Waals surface area (Å²) < 4.78 is 22.1. The predicted octanol–water partition coefficient (Wildman–Crippen LogP) is 6.17. The van der Waals surface area contributed by atoms with Crippen LogP contribution >= 0.6 is 0 Å². The minimum atomic E-state index is -1.63. The van der Waals surface area contributed by atoms with Crippen LogP contribution in [-0.4, -0.2) is 101 Å². The molecule has 322 valence electrons. The molecule has 2 aliphatic carbocycles. The van der Waals surface area contributed by atoms with Gasteiger partial charge < -0.3 is 39.4 Å². The van der Waals surface area contributed by atoms with Crippen LogP contribution in [0.15, 0.2) is 48.6 Å². The summed E-state index contributed by atoms with van der Waals surface area (Å²) in [6.45, 7) is 2.93. The fourth-order valence-electron chi connectivity index (χ4n) is 7.76. The SMILES string of the molecule is CC/C=C\C[C@@H]1C(=O)C=C[C@@H]1CCCCCCCC(=O)OC[C@H](CO[C@@H]1O[C@H](CO)[C@H](O)[C@H](O)[C@H]1O)OC(=O)CCCCCCC[C@H]1C=CC(=O)[C@H]1C/C=C\CC. The standard InChI is InChI=1S/C45H70O12/c1-3-5-13-21-35-32(25-27-37(35)47)19-15-9-7-11-17-23-40(49)54-30-34(31-55-45-44(53)43(52)42(51)39(29-46)57-45)56-41(50)24-18-12-8-10-16-20-33-26-28-38(48)36(33)22-14-6-4-2/h5-6,13-14,25-28,32-36,39,42-46,51-53H,3-4,7-12,15-24,29-31H2,1-2H3/b13-5-,14-6-/t32-,33-,34+,35-,36-,39+,42-,43-,44+,45+/m0/s1. The van der Waals surface area contributed by atoms with E-state index >= 15 is 0 Å². The van der Waals surface area contributed by atoms with Gasteiger partial charge in [-0.2, -0.15) is 0 Å². The molecule has 12 nitrogen and oxygen atoms in total. The van der Waals surface area contributed by atoms with Gasteiger partial charge in [0.25, 0.3) is 0 Å². The van der Waals surface area contributed by atoms with Gasteiger partial charge in [-0.3, -0.25) is 19.2 Å². The topological polar surface area (TPSA) is 186 Å². The molecule has 3 rings (SSSR count). The lowest BCUT2D eigenvalue weighted by Gasteiger charge is -2.39. The van der Waals surface area contributed by atoms with Crippen LogP contribution in [0.4, 0.5) is 0 Å². The highest BCUT2D eigenvalue weighted by molar-refractivity contribution is 5.95. The van der Waals surface area contributed by atoms with Gasteiger partial charge in [0.05, 0.1) is 13.2 Å². The number of hydrogen-bond donors (Lipinski definition) is 4. The number of carbonyl (C=O) groups excluding carboxylic acids is 4. The average molecular weight is 803 g/mol. The third kappa shape index (κ3) is 17.4. The highest BCUT2D eigenvalue weighted by Crippen LogP contribution is 2.32. The first-order valence-corrected chi connectivity index (χ1v) is 21.6. The number of aliphatic hydroxyl groups excluding tert-OH is 4. The normalized spacial score (nSPS) is 27.9. The van der Waals surface area contributed by atoms with Gasteiger partial charge in [-0.25, -0.2) is 0 Å². The Morgan fingerprint density at radius 3 is 1.72 bits per heavy atom. The number of allylic oxidation sites excluding steroid dienone is 8. The zero-order valence-electron chi connectivity index (χ0n) is 34.3. The molecule has 12 heteroatoms. The smallest absolute Gasteiger partial charge is 0.306 e. The number of esters is 2. The molecule has 0 spiro atoms. The molecule has 0 amide bonds. The van der Waals surface area contributed by atoms with E-state index in [1.807, 2.05) is 12.2 Å². The zero-order valence-corrected chi connectivity index (χ0v) is 34.3. The molecule has 0 aromatic rings. The number of hydrogen-bond acceptors (Lipinski definition) is 12. The number of rotatable bonds is 29. The fraction of sp³-hybridized carbons (Fsp3) is 0.733. The van der Waals surface area contributed by atoms with Crippen molar-refractivity contribution in [3.63, 3.8) is 0 Å². The largest absolute Gasteiger partial charge is 0.462 e. The van der Waals surface area contributed by atoms with Gasteiger partial charge in [-0.1, -0.05) is 102 Å². The van der Waals surface area contributed by atoms with Crippen molar-refractivity contribution in [3.05, 3.63) is 48.6 Å². The Morgan fingerprint density at radius 2 is 1.19 bits per heavy atom. The maximum atomic E-state index is 12.8. The van der Waals surface area contributed by atoms with Crippen molar-refractivity contribution in [1.29, 1.82) is 0 Å². The molecule has 4 N–H and O–H groups in total. The molecule has 57 heavy (non-hydrogen) atoms. The van der Waals surface area contributed by atoms with Crippen molar-refractivity contribution >= 4 is 23.5 Å². The Kier molecular flexibility index (Phi) is 23.5. The first kappa shape index (κ1) is 48.4. The number of unbranched alkanes of at least 4 members (excludes halogenated alkanes) is 8. The molecule has 0 aromatic heterocycles. The van der Waals surface area contributed by atoms with E-state index in [0.717, 1.165) is 89.9 Å². The maximum absolute atomic E-state index is 12.8. The van der Waals surface area contributed by atoms with E-state index in [2.05, 4.69) is 38.2 Å². The van der Waals surface area contributed by atoms with Gasteiger partial charge in [0.1, 0.15) is 31.0 Å². The Balaban J connectivity index is 1.36. The Bertz CT molecular complexity index is 1320. The molecule has 1 aliphatic heterocycles. The molecular formula is C45H70O12. The average Bonchev–Trinajstić information content (AvgIpc) is 3.74. The molecule has 1 saturated heterocycles. The first-order valence-electron chi connectivity index (χ1n) is 21.6. The molecule has 1 fully saturated rings. The summed E-state index contributed by atoms with van der Waals surface area (Å²) in [5.74, 6) is 0.157. The minimum absolute atomic E-state index is 0.0425. The Labute approximate surface area is 339 Å². The van der Waals surface area contributed by atoms with E-state index in [0.29, 0.717) is 12.8 Å². The van der Waals surface area contributed by atoms with Gasteiger partial charge in [0, 0.05) is 24.7 Å². The minimum Gasteiger partial charge on any atom is -0.462 e. The van der Waals surface area contributed by atoms with E-state index < -0.39 is 55.4 Å². The van der Waals surface area contributed by atoms with Crippen LogP contribution in [0.3, 0.4) is 0 Å². The monoisotopic (exact) mass is 802 g/mol. The number of aliphatic hydroxyl groups is 4. The Hall–Kier alpha value is -3.00. The predicted molar refractivity (Wildman–Crippen MR) is 216 cm³/mol. The molecule has 0 aromatic carbocycles. The van der Waals surface area contributed by atoms with Crippen molar-refractivity contribution in [2.24, 2.45) is 23.7 Å². The summed E-state index contributed by atoms with van der Waals surface area (Å²) in [6, 6.07) is 0. The molecule has 1 heterocycles. The highest BCUT2D eigenvalue weighted by Gasteiger charge is 2.44. The second kappa shape index (κ2) is 27.6. The number of ketones is 2. The number of carbonyl (C=O) groups is 4. The second-order valence-electron chi connectivity index (χ2n) is 15.7. The van der Waals surface area contributed by atoms with Crippen LogP contribution in [0, 0.1) is 23.7 Å². The van der Waals surface area contributed by atoms with E-state index in [1.165, 1.54) is 0 Å². The maximum Gasteiger partial charge on any atom is 0.306 e. The van der Waals surface area contributed by atoms with Crippen molar-refractivity contribution in [2.75, 3.05) is 19.8 Å². The molecule has 0 saturated carbocycles. The van der Waals surface area contributed by atoms with Gasteiger partial charge in [0.15, 0.2) is 24.0 Å². The van der Waals surface area contributed by atoms with Gasteiger partial charge in [-0.15, -0.1) is 0 Å². The quantitative estimate of drug-likeness (QED) is 0.0383. The highest BCUT2D eigenvalue weighted by atomic mass is 16.7.